The highest BCUT2D eigenvalue weighted by atomic mass is 16.6. The number of urea groups is 1. The first-order valence-electron chi connectivity index (χ1n) is 9.68. The third-order valence-electron chi connectivity index (χ3n) is 4.98. The van der Waals surface area contributed by atoms with Gasteiger partial charge in [0, 0.05) is 50.5 Å². The molecule has 0 spiro atoms. The maximum absolute atomic E-state index is 13.0. The lowest BCUT2D eigenvalue weighted by molar-refractivity contribution is -0.384. The minimum Gasteiger partial charge on any atom is -0.379 e. The van der Waals surface area contributed by atoms with Crippen LogP contribution in [-0.4, -0.2) is 60.1 Å². The van der Waals surface area contributed by atoms with Gasteiger partial charge < -0.3 is 15.0 Å². The van der Waals surface area contributed by atoms with E-state index in [1.54, 1.807) is 17.0 Å². The number of amides is 2. The molecule has 0 saturated carbocycles. The largest absolute Gasteiger partial charge is 0.379 e. The van der Waals surface area contributed by atoms with Crippen LogP contribution in [-0.2, 0) is 11.3 Å². The Balaban J connectivity index is 1.70. The van der Waals surface area contributed by atoms with Gasteiger partial charge in [-0.15, -0.1) is 0 Å². The van der Waals surface area contributed by atoms with Gasteiger partial charge in [-0.3, -0.25) is 15.0 Å². The van der Waals surface area contributed by atoms with E-state index in [4.69, 9.17) is 4.74 Å². The number of non-ortho nitro benzene ring substituents is 1. The summed E-state index contributed by atoms with van der Waals surface area (Å²) in [7, 11) is 0. The molecule has 0 radical (unpaired) electrons. The Morgan fingerprint density at radius 1 is 1.17 bits per heavy atom. The minimum absolute atomic E-state index is 0.0398. The predicted molar refractivity (Wildman–Crippen MR) is 111 cm³/mol. The van der Waals surface area contributed by atoms with E-state index in [-0.39, 0.29) is 11.7 Å². The summed E-state index contributed by atoms with van der Waals surface area (Å²) < 4.78 is 5.38. The first-order valence-corrected chi connectivity index (χ1v) is 9.68. The fraction of sp³-hybridized carbons (Fsp3) is 0.381. The van der Waals surface area contributed by atoms with Crippen molar-refractivity contribution in [3.8, 4) is 0 Å². The number of carbonyl (C=O) groups excluding carboxylic acids is 1. The first-order chi connectivity index (χ1) is 14.0. The molecule has 8 heteroatoms. The summed E-state index contributed by atoms with van der Waals surface area (Å²) in [5, 5.41) is 13.9. The summed E-state index contributed by atoms with van der Waals surface area (Å²) in [5.74, 6) is 0. The van der Waals surface area contributed by atoms with Gasteiger partial charge >= 0.3 is 6.03 Å². The lowest BCUT2D eigenvalue weighted by atomic mass is 10.2. The van der Waals surface area contributed by atoms with Crippen molar-refractivity contribution in [2.75, 3.05) is 44.7 Å². The maximum Gasteiger partial charge on any atom is 0.322 e. The first kappa shape index (κ1) is 20.8. The minimum atomic E-state index is -0.426. The molecular formula is C21H26N4O4. The monoisotopic (exact) mass is 398 g/mol. The fourth-order valence-corrected chi connectivity index (χ4v) is 3.19. The number of rotatable bonds is 7. The number of hydrogen-bond donors (Lipinski definition) is 1. The van der Waals surface area contributed by atoms with Crippen molar-refractivity contribution in [3.63, 3.8) is 0 Å². The number of para-hydroxylation sites is 1. The molecule has 154 valence electrons. The van der Waals surface area contributed by atoms with Gasteiger partial charge in [-0.1, -0.05) is 30.3 Å². The third-order valence-corrected chi connectivity index (χ3v) is 4.98. The van der Waals surface area contributed by atoms with Crippen molar-refractivity contribution >= 4 is 17.4 Å². The molecule has 8 nitrogen and oxygen atoms in total. The molecule has 0 bridgehead atoms. The summed E-state index contributed by atoms with van der Waals surface area (Å²) in [6.45, 7) is 6.74. The molecule has 2 aromatic rings. The van der Waals surface area contributed by atoms with Crippen LogP contribution in [0.15, 0.2) is 48.5 Å². The zero-order chi connectivity index (χ0) is 20.6. The highest BCUT2D eigenvalue weighted by molar-refractivity contribution is 5.90. The van der Waals surface area contributed by atoms with Gasteiger partial charge in [-0.05, 0) is 24.1 Å². The van der Waals surface area contributed by atoms with Gasteiger partial charge in [0.25, 0.3) is 5.69 Å². The lowest BCUT2D eigenvalue weighted by Gasteiger charge is -2.30. The number of anilines is 1. The molecule has 1 heterocycles. The Morgan fingerprint density at radius 3 is 2.52 bits per heavy atom. The molecule has 0 aromatic heterocycles. The molecule has 0 atom stereocenters. The van der Waals surface area contributed by atoms with Crippen LogP contribution in [0, 0.1) is 17.0 Å². The highest BCUT2D eigenvalue weighted by Gasteiger charge is 2.18. The Labute approximate surface area is 170 Å². The van der Waals surface area contributed by atoms with Crippen LogP contribution in [0.4, 0.5) is 16.2 Å². The number of ether oxygens (including phenoxy) is 1. The SMILES string of the molecule is Cc1ccccc1NC(=O)N(CCN1CCOCC1)Cc1ccc([N+](=O)[O-])cc1. The van der Waals surface area contributed by atoms with E-state index in [0.717, 1.165) is 36.4 Å². The molecule has 0 unspecified atom stereocenters. The van der Waals surface area contributed by atoms with E-state index in [0.29, 0.717) is 26.3 Å². The van der Waals surface area contributed by atoms with Gasteiger partial charge in [0.2, 0.25) is 0 Å². The van der Waals surface area contributed by atoms with Crippen molar-refractivity contribution < 1.29 is 14.5 Å². The molecule has 29 heavy (non-hydrogen) atoms. The van der Waals surface area contributed by atoms with E-state index in [9.17, 15) is 14.9 Å². The summed E-state index contributed by atoms with van der Waals surface area (Å²) in [6.07, 6.45) is 0. The Morgan fingerprint density at radius 2 is 1.86 bits per heavy atom. The van der Waals surface area contributed by atoms with Crippen molar-refractivity contribution in [2.24, 2.45) is 0 Å². The maximum atomic E-state index is 13.0. The normalized spacial score (nSPS) is 14.4. The molecule has 1 fully saturated rings. The number of benzene rings is 2. The van der Waals surface area contributed by atoms with Crippen LogP contribution in [0.5, 0.6) is 0 Å². The van der Waals surface area contributed by atoms with Crippen LogP contribution in [0.3, 0.4) is 0 Å². The van der Waals surface area contributed by atoms with E-state index in [1.165, 1.54) is 12.1 Å². The second-order valence-electron chi connectivity index (χ2n) is 7.04. The summed E-state index contributed by atoms with van der Waals surface area (Å²) in [4.78, 5) is 27.4. The number of morpholine rings is 1. The van der Waals surface area contributed by atoms with Crippen LogP contribution >= 0.6 is 0 Å². The number of hydrogen-bond acceptors (Lipinski definition) is 5. The molecule has 1 aliphatic rings. The number of aryl methyl sites for hydroxylation is 1. The second kappa shape index (κ2) is 9.99. The van der Waals surface area contributed by atoms with E-state index in [1.807, 2.05) is 31.2 Å². The van der Waals surface area contributed by atoms with Gasteiger partial charge in [0.1, 0.15) is 0 Å². The van der Waals surface area contributed by atoms with Crippen LogP contribution in [0.1, 0.15) is 11.1 Å². The number of nitro groups is 1. The van der Waals surface area contributed by atoms with E-state index in [2.05, 4.69) is 10.2 Å². The Bertz CT molecular complexity index is 835. The molecule has 0 aliphatic carbocycles. The lowest BCUT2D eigenvalue weighted by Crippen LogP contribution is -2.44. The van der Waals surface area contributed by atoms with Gasteiger partial charge in [0.05, 0.1) is 18.1 Å². The smallest absolute Gasteiger partial charge is 0.322 e. The van der Waals surface area contributed by atoms with E-state index >= 15 is 0 Å². The van der Waals surface area contributed by atoms with Crippen LogP contribution in [0.2, 0.25) is 0 Å². The molecular weight excluding hydrogens is 372 g/mol. The predicted octanol–water partition coefficient (Wildman–Crippen LogP) is 3.27. The van der Waals surface area contributed by atoms with Gasteiger partial charge in [0.15, 0.2) is 0 Å². The summed E-state index contributed by atoms with van der Waals surface area (Å²) in [5.41, 5.74) is 2.65. The number of nitrogens with zero attached hydrogens (tertiary/aromatic N) is 3. The van der Waals surface area contributed by atoms with Crippen molar-refractivity contribution in [1.82, 2.24) is 9.80 Å². The zero-order valence-electron chi connectivity index (χ0n) is 16.5. The van der Waals surface area contributed by atoms with Crippen molar-refractivity contribution in [1.29, 1.82) is 0 Å². The average Bonchev–Trinajstić information content (AvgIpc) is 2.73. The molecule has 1 saturated heterocycles. The van der Waals surface area contributed by atoms with Gasteiger partial charge in [-0.25, -0.2) is 4.79 Å². The summed E-state index contributed by atoms with van der Waals surface area (Å²) >= 11 is 0. The van der Waals surface area contributed by atoms with Crippen molar-refractivity contribution in [3.05, 3.63) is 69.8 Å². The number of carbonyl (C=O) groups is 1. The van der Waals surface area contributed by atoms with Crippen LogP contribution < -0.4 is 5.32 Å². The molecule has 3 rings (SSSR count). The number of nitro benzene ring substituents is 1. The molecule has 2 amide bonds. The Kier molecular flexibility index (Phi) is 7.15. The quantitative estimate of drug-likeness (QED) is 0.571. The summed E-state index contributed by atoms with van der Waals surface area (Å²) in [6, 6.07) is 13.8. The standard InChI is InChI=1S/C21H26N4O4/c1-17-4-2-3-5-20(17)22-21(26)24(11-10-23-12-14-29-15-13-23)16-18-6-8-19(9-7-18)25(27)28/h2-9H,10-16H2,1H3,(H,22,26). The molecule has 1 aliphatic heterocycles. The van der Waals surface area contributed by atoms with Crippen molar-refractivity contribution in [2.45, 2.75) is 13.5 Å². The Hall–Kier alpha value is -2.97. The van der Waals surface area contributed by atoms with E-state index < -0.39 is 4.92 Å². The van der Waals surface area contributed by atoms with Crippen LogP contribution in [0.25, 0.3) is 0 Å². The fourth-order valence-electron chi connectivity index (χ4n) is 3.19. The average molecular weight is 398 g/mol. The second-order valence-corrected chi connectivity index (χ2v) is 7.04. The molecule has 2 aromatic carbocycles. The number of nitrogens with one attached hydrogen (secondary N) is 1. The molecule has 1 N–H and O–H groups in total. The third kappa shape index (κ3) is 6.00. The van der Waals surface area contributed by atoms with Gasteiger partial charge in [-0.2, -0.15) is 0 Å². The highest BCUT2D eigenvalue weighted by Crippen LogP contribution is 2.17. The zero-order valence-corrected chi connectivity index (χ0v) is 16.5. The topological polar surface area (TPSA) is 88.0 Å².